The van der Waals surface area contributed by atoms with E-state index in [1.54, 1.807) is 4.98 Å². The van der Waals surface area contributed by atoms with Crippen LogP contribution in [0.15, 0.2) is 0 Å². The normalized spacial score (nSPS) is 10.5. The molecule has 0 aromatic carbocycles. The molecule has 0 aromatic heterocycles. The van der Waals surface area contributed by atoms with E-state index in [1.807, 2.05) is 0 Å². The minimum atomic E-state index is -0.647. The summed E-state index contributed by atoms with van der Waals surface area (Å²) in [5, 5.41) is 0. The number of nitrogens with zero attached hydrogens (tertiary/aromatic N) is 1. The number of hydrogen-bond acceptors (Lipinski definition) is 1. The van der Waals surface area contributed by atoms with E-state index in [4.69, 9.17) is 0 Å². The third-order valence-corrected chi connectivity index (χ3v) is 4.92. The van der Waals surface area contributed by atoms with Crippen molar-refractivity contribution in [3.63, 3.8) is 0 Å². The molecule has 0 spiro atoms. The van der Waals surface area contributed by atoms with E-state index in [0.29, 0.717) is 0 Å². The Morgan fingerprint density at radius 1 is 1.10 bits per heavy atom. The van der Waals surface area contributed by atoms with Crippen molar-refractivity contribution in [1.82, 2.24) is 4.90 Å². The fraction of sp³-hybridized carbons (Fsp3) is 1.00. The second-order valence-corrected chi connectivity index (χ2v) is 10.8. The molecule has 0 rings (SSSR count). The first kappa shape index (κ1) is 10.6. The van der Waals surface area contributed by atoms with Crippen LogP contribution in [0.1, 0.15) is 12.8 Å². The van der Waals surface area contributed by atoms with Crippen molar-refractivity contribution in [2.24, 2.45) is 0 Å². The van der Waals surface area contributed by atoms with E-state index >= 15 is 0 Å². The zero-order valence-electron chi connectivity index (χ0n) is 7.85. The van der Waals surface area contributed by atoms with Gasteiger partial charge >= 0.3 is 70.5 Å². The van der Waals surface area contributed by atoms with E-state index in [9.17, 15) is 0 Å². The topological polar surface area (TPSA) is 3.24 Å². The summed E-state index contributed by atoms with van der Waals surface area (Å²) in [7, 11) is 4.30. The Bertz CT molecular complexity index is 61.7. The zero-order chi connectivity index (χ0) is 7.98. The first-order chi connectivity index (χ1) is 4.63. The Kier molecular flexibility index (Phi) is 6.69. The van der Waals surface area contributed by atoms with Crippen molar-refractivity contribution in [3.8, 4) is 0 Å². The summed E-state index contributed by atoms with van der Waals surface area (Å²) in [6, 6.07) is 0. The maximum atomic E-state index is 2.47. The second-order valence-electron chi connectivity index (χ2n) is 3.69. The van der Waals surface area contributed by atoms with Gasteiger partial charge < -0.3 is 0 Å². The maximum absolute atomic E-state index is 2.47. The molecule has 0 aromatic rings. The summed E-state index contributed by atoms with van der Waals surface area (Å²) in [4.78, 5) is 3.84. The number of unbranched alkanes of at least 4 members (excludes halogenated alkanes) is 1. The quantitative estimate of drug-likeness (QED) is 0.485. The van der Waals surface area contributed by atoms with Gasteiger partial charge in [0, 0.05) is 0 Å². The molecule has 2 heteroatoms. The standard InChI is InChI=1S/C6H14N.2CH3.Ga/c1-4-5-6-7(2)3;;;/h1,4-6H2,2-3H3;2*1H3;. The van der Waals surface area contributed by atoms with Crippen LogP contribution >= 0.6 is 0 Å². The van der Waals surface area contributed by atoms with Crippen LogP contribution in [0.5, 0.6) is 0 Å². The molecule has 0 heterocycles. The molecular weight excluding hydrogens is 180 g/mol. The molecule has 0 aliphatic rings. The van der Waals surface area contributed by atoms with Crippen molar-refractivity contribution < 1.29 is 0 Å². The minimum absolute atomic E-state index is 0.647. The Morgan fingerprint density at radius 2 is 1.70 bits per heavy atom. The third-order valence-electron chi connectivity index (χ3n) is 1.64. The average Bonchev–Trinajstić information content (AvgIpc) is 1.79. The van der Waals surface area contributed by atoms with Crippen LogP contribution in [0.3, 0.4) is 0 Å². The molecule has 1 nitrogen and oxygen atoms in total. The van der Waals surface area contributed by atoms with Gasteiger partial charge in [-0.3, -0.25) is 0 Å². The molecule has 0 unspecified atom stereocenters. The van der Waals surface area contributed by atoms with E-state index < -0.39 is 16.2 Å². The first-order valence-corrected chi connectivity index (χ1v) is 10.8. The van der Waals surface area contributed by atoms with E-state index in [-0.39, 0.29) is 0 Å². The monoisotopic (exact) mass is 199 g/mol. The first-order valence-electron chi connectivity index (χ1n) is 4.27. The second kappa shape index (κ2) is 6.32. The molecule has 0 N–H and O–H groups in total. The van der Waals surface area contributed by atoms with Gasteiger partial charge in [-0.2, -0.15) is 0 Å². The molecule has 0 radical (unpaired) electrons. The van der Waals surface area contributed by atoms with Crippen molar-refractivity contribution in [2.75, 3.05) is 20.6 Å². The van der Waals surface area contributed by atoms with Gasteiger partial charge in [0.05, 0.1) is 0 Å². The molecule has 0 bridgehead atoms. The van der Waals surface area contributed by atoms with Crippen LogP contribution in [0.2, 0.25) is 15.9 Å². The zero-order valence-corrected chi connectivity index (χ0v) is 10.3. The van der Waals surface area contributed by atoms with Gasteiger partial charge in [-0.1, -0.05) is 0 Å². The molecule has 0 saturated heterocycles. The van der Waals surface area contributed by atoms with Gasteiger partial charge in [-0.05, 0) is 0 Å². The van der Waals surface area contributed by atoms with Crippen LogP contribution < -0.4 is 0 Å². The van der Waals surface area contributed by atoms with Crippen LogP contribution in [-0.2, 0) is 0 Å². The van der Waals surface area contributed by atoms with E-state index in [0.717, 1.165) is 0 Å². The molecule has 0 atom stereocenters. The van der Waals surface area contributed by atoms with Gasteiger partial charge in [-0.15, -0.1) is 0 Å². The summed E-state index contributed by atoms with van der Waals surface area (Å²) < 4.78 is 0. The van der Waals surface area contributed by atoms with Crippen molar-refractivity contribution in [3.05, 3.63) is 0 Å². The van der Waals surface area contributed by atoms with Crippen LogP contribution in [0, 0.1) is 0 Å². The van der Waals surface area contributed by atoms with Crippen LogP contribution in [0.4, 0.5) is 0 Å². The van der Waals surface area contributed by atoms with Crippen molar-refractivity contribution in [1.29, 1.82) is 0 Å². The fourth-order valence-electron chi connectivity index (χ4n) is 0.981. The number of hydrogen-bond donors (Lipinski definition) is 0. The van der Waals surface area contributed by atoms with E-state index in [2.05, 4.69) is 30.0 Å². The van der Waals surface area contributed by atoms with Gasteiger partial charge in [0.25, 0.3) is 0 Å². The molecular formula is C8H20GaN. The molecule has 0 aliphatic heterocycles. The molecule has 0 saturated carbocycles. The Balaban J connectivity index is 2.91. The molecule has 0 fully saturated rings. The summed E-state index contributed by atoms with van der Waals surface area (Å²) in [5.41, 5.74) is 4.95. The average molecular weight is 200 g/mol. The molecule has 0 amide bonds. The predicted molar refractivity (Wildman–Crippen MR) is 50.1 cm³/mol. The summed E-state index contributed by atoms with van der Waals surface area (Å²) in [5.74, 6) is 0. The van der Waals surface area contributed by atoms with Gasteiger partial charge in [0.2, 0.25) is 0 Å². The fourth-order valence-corrected chi connectivity index (χ4v) is 3.30. The van der Waals surface area contributed by atoms with E-state index in [1.165, 1.54) is 19.4 Å². The number of rotatable bonds is 5. The molecule has 10 heavy (non-hydrogen) atoms. The summed E-state index contributed by atoms with van der Waals surface area (Å²) in [6.07, 6.45) is 2.87. The Morgan fingerprint density at radius 3 is 2.10 bits per heavy atom. The molecule has 60 valence electrons. The van der Waals surface area contributed by atoms with Crippen LogP contribution in [0.25, 0.3) is 0 Å². The molecule has 0 aliphatic carbocycles. The Labute approximate surface area is 70.8 Å². The van der Waals surface area contributed by atoms with Crippen molar-refractivity contribution in [2.45, 2.75) is 28.8 Å². The van der Waals surface area contributed by atoms with Gasteiger partial charge in [0.1, 0.15) is 0 Å². The third kappa shape index (κ3) is 8.60. The SMILES string of the molecule is CN(C)CCC[CH2][Ga]([CH3])[CH3]. The Hall–Kier alpha value is 0.596. The van der Waals surface area contributed by atoms with Crippen molar-refractivity contribution >= 4 is 16.2 Å². The predicted octanol–water partition coefficient (Wildman–Crippen LogP) is 2.08. The summed E-state index contributed by atoms with van der Waals surface area (Å²) in [6.45, 7) is 1.27. The van der Waals surface area contributed by atoms with Gasteiger partial charge in [0.15, 0.2) is 0 Å². The van der Waals surface area contributed by atoms with Gasteiger partial charge in [-0.25, -0.2) is 0 Å². The van der Waals surface area contributed by atoms with Crippen LogP contribution in [-0.4, -0.2) is 41.8 Å². The summed E-state index contributed by atoms with van der Waals surface area (Å²) >= 11 is -0.647.